The Morgan fingerprint density at radius 1 is 1.56 bits per heavy atom. The Hall–Kier alpha value is -2.57. The molecule has 0 bridgehead atoms. The zero-order chi connectivity index (χ0) is 13.1. The van der Waals surface area contributed by atoms with E-state index < -0.39 is 11.7 Å². The standard InChI is InChI=1S/C11H11FN4O2/c1-18-9-4-6(2-3-7(9)12)11(17)15-10-8(13)5-14-16-10/h2-5H,13H2,1H3,(H2,14,15,16,17). The molecule has 18 heavy (non-hydrogen) atoms. The molecule has 4 N–H and O–H groups in total. The number of halogens is 1. The maximum absolute atomic E-state index is 13.2. The third kappa shape index (κ3) is 2.24. The molecule has 7 heteroatoms. The Morgan fingerprint density at radius 2 is 2.33 bits per heavy atom. The van der Waals surface area contributed by atoms with E-state index in [1.54, 1.807) is 0 Å². The zero-order valence-electron chi connectivity index (χ0n) is 9.53. The SMILES string of the molecule is COc1cc(C(=O)Nc2[nH]ncc2N)ccc1F. The van der Waals surface area contributed by atoms with Gasteiger partial charge < -0.3 is 15.8 Å². The Morgan fingerprint density at radius 3 is 2.94 bits per heavy atom. The fraction of sp³-hybridized carbons (Fsp3) is 0.0909. The van der Waals surface area contributed by atoms with E-state index in [4.69, 9.17) is 10.5 Å². The van der Waals surface area contributed by atoms with Crippen LogP contribution in [-0.4, -0.2) is 23.2 Å². The van der Waals surface area contributed by atoms with Crippen molar-refractivity contribution >= 4 is 17.4 Å². The number of hydrogen-bond donors (Lipinski definition) is 3. The summed E-state index contributed by atoms with van der Waals surface area (Å²) < 4.78 is 18.0. The third-order valence-corrected chi connectivity index (χ3v) is 2.32. The van der Waals surface area contributed by atoms with Crippen LogP contribution in [0.2, 0.25) is 0 Å². The average Bonchev–Trinajstić information content (AvgIpc) is 2.75. The Kier molecular flexibility index (Phi) is 3.13. The van der Waals surface area contributed by atoms with Gasteiger partial charge in [0.25, 0.3) is 5.91 Å². The molecule has 1 aromatic carbocycles. The second-order valence-electron chi connectivity index (χ2n) is 3.50. The molecule has 1 heterocycles. The zero-order valence-corrected chi connectivity index (χ0v) is 9.53. The van der Waals surface area contributed by atoms with Gasteiger partial charge in [0.15, 0.2) is 17.4 Å². The van der Waals surface area contributed by atoms with Crippen molar-refractivity contribution in [2.75, 3.05) is 18.2 Å². The first kappa shape index (κ1) is 11.9. The van der Waals surface area contributed by atoms with E-state index in [1.807, 2.05) is 0 Å². The predicted octanol–water partition coefficient (Wildman–Crippen LogP) is 1.39. The lowest BCUT2D eigenvalue weighted by Gasteiger charge is -2.06. The number of ether oxygens (including phenoxy) is 1. The summed E-state index contributed by atoms with van der Waals surface area (Å²) in [6.07, 6.45) is 1.38. The number of carbonyl (C=O) groups excluding carboxylic acids is 1. The number of H-pyrrole nitrogens is 1. The van der Waals surface area contributed by atoms with Crippen molar-refractivity contribution < 1.29 is 13.9 Å². The number of carbonyl (C=O) groups is 1. The van der Waals surface area contributed by atoms with Gasteiger partial charge in [-0.15, -0.1) is 0 Å². The second kappa shape index (κ2) is 4.74. The number of aromatic amines is 1. The summed E-state index contributed by atoms with van der Waals surface area (Å²) in [6, 6.07) is 3.81. The fourth-order valence-corrected chi connectivity index (χ4v) is 1.38. The predicted molar refractivity (Wildman–Crippen MR) is 63.9 cm³/mol. The lowest BCUT2D eigenvalue weighted by atomic mass is 10.2. The molecule has 0 unspecified atom stereocenters. The maximum atomic E-state index is 13.2. The molecule has 0 aliphatic rings. The first-order valence-electron chi connectivity index (χ1n) is 5.05. The highest BCUT2D eigenvalue weighted by atomic mass is 19.1. The molecule has 0 atom stereocenters. The second-order valence-corrected chi connectivity index (χ2v) is 3.50. The van der Waals surface area contributed by atoms with E-state index in [0.29, 0.717) is 11.5 Å². The third-order valence-electron chi connectivity index (χ3n) is 2.32. The van der Waals surface area contributed by atoms with E-state index in [-0.39, 0.29) is 11.3 Å². The van der Waals surface area contributed by atoms with Crippen LogP contribution in [0.3, 0.4) is 0 Å². The van der Waals surface area contributed by atoms with Crippen LogP contribution in [-0.2, 0) is 0 Å². The van der Waals surface area contributed by atoms with Crippen molar-refractivity contribution in [3.8, 4) is 5.75 Å². The summed E-state index contributed by atoms with van der Waals surface area (Å²) in [7, 11) is 1.33. The number of nitrogens with zero attached hydrogens (tertiary/aromatic N) is 1. The molecule has 0 aliphatic heterocycles. The van der Waals surface area contributed by atoms with Gasteiger partial charge in [0.05, 0.1) is 19.0 Å². The molecule has 0 fully saturated rings. The molecule has 0 radical (unpaired) electrons. The normalized spacial score (nSPS) is 10.1. The van der Waals surface area contributed by atoms with E-state index in [0.717, 1.165) is 6.07 Å². The van der Waals surface area contributed by atoms with E-state index in [2.05, 4.69) is 15.5 Å². The molecule has 2 aromatic rings. The highest BCUT2D eigenvalue weighted by molar-refractivity contribution is 6.05. The molecule has 2 rings (SSSR count). The number of hydrogen-bond acceptors (Lipinski definition) is 4. The van der Waals surface area contributed by atoms with Crippen LogP contribution in [0.25, 0.3) is 0 Å². The summed E-state index contributed by atoms with van der Waals surface area (Å²) in [5, 5.41) is 8.72. The molecule has 0 saturated carbocycles. The molecule has 0 aliphatic carbocycles. The van der Waals surface area contributed by atoms with Crippen LogP contribution >= 0.6 is 0 Å². The van der Waals surface area contributed by atoms with Crippen molar-refractivity contribution in [3.63, 3.8) is 0 Å². The molecule has 94 valence electrons. The lowest BCUT2D eigenvalue weighted by Crippen LogP contribution is -2.13. The average molecular weight is 250 g/mol. The first-order valence-corrected chi connectivity index (χ1v) is 5.05. The van der Waals surface area contributed by atoms with Gasteiger partial charge in [-0.3, -0.25) is 9.89 Å². The number of nitrogens with two attached hydrogens (primary N) is 1. The van der Waals surface area contributed by atoms with Gasteiger partial charge in [0, 0.05) is 5.56 Å². The van der Waals surface area contributed by atoms with Crippen LogP contribution in [0.15, 0.2) is 24.4 Å². The summed E-state index contributed by atoms with van der Waals surface area (Å²) in [4.78, 5) is 11.9. The summed E-state index contributed by atoms with van der Waals surface area (Å²) in [6.45, 7) is 0. The molecule has 0 spiro atoms. The van der Waals surface area contributed by atoms with Crippen molar-refractivity contribution in [3.05, 3.63) is 35.8 Å². The van der Waals surface area contributed by atoms with Gasteiger partial charge in [-0.25, -0.2) is 4.39 Å². The van der Waals surface area contributed by atoms with Gasteiger partial charge in [-0.2, -0.15) is 5.10 Å². The fourth-order valence-electron chi connectivity index (χ4n) is 1.38. The number of nitrogens with one attached hydrogen (secondary N) is 2. The van der Waals surface area contributed by atoms with Gasteiger partial charge in [-0.05, 0) is 18.2 Å². The van der Waals surface area contributed by atoms with Crippen LogP contribution in [0.1, 0.15) is 10.4 Å². The van der Waals surface area contributed by atoms with Gasteiger partial charge in [-0.1, -0.05) is 0 Å². The van der Waals surface area contributed by atoms with Crippen LogP contribution in [0.5, 0.6) is 5.75 Å². The molecular formula is C11H11FN4O2. The Labute approximate surface area is 102 Å². The number of amides is 1. The van der Waals surface area contributed by atoms with Crippen molar-refractivity contribution in [1.82, 2.24) is 10.2 Å². The molecular weight excluding hydrogens is 239 g/mol. The van der Waals surface area contributed by atoms with Crippen LogP contribution in [0.4, 0.5) is 15.9 Å². The lowest BCUT2D eigenvalue weighted by molar-refractivity contribution is 0.102. The maximum Gasteiger partial charge on any atom is 0.256 e. The van der Waals surface area contributed by atoms with Gasteiger partial charge >= 0.3 is 0 Å². The molecule has 0 saturated heterocycles. The largest absolute Gasteiger partial charge is 0.494 e. The topological polar surface area (TPSA) is 93.0 Å². The quantitative estimate of drug-likeness (QED) is 0.767. The number of nitrogen functional groups attached to an aromatic ring is 1. The minimum absolute atomic E-state index is 0.000215. The van der Waals surface area contributed by atoms with Crippen LogP contribution in [0, 0.1) is 5.82 Å². The first-order chi connectivity index (χ1) is 8.61. The van der Waals surface area contributed by atoms with Gasteiger partial charge in [0.1, 0.15) is 0 Å². The summed E-state index contributed by atoms with van der Waals surface area (Å²) in [5.74, 6) is -0.678. The Bertz CT molecular complexity index is 582. The minimum atomic E-state index is -0.532. The number of anilines is 2. The molecule has 1 amide bonds. The van der Waals surface area contributed by atoms with Crippen molar-refractivity contribution in [2.45, 2.75) is 0 Å². The number of benzene rings is 1. The van der Waals surface area contributed by atoms with Crippen molar-refractivity contribution in [2.24, 2.45) is 0 Å². The van der Waals surface area contributed by atoms with Crippen LogP contribution < -0.4 is 15.8 Å². The van der Waals surface area contributed by atoms with E-state index in [9.17, 15) is 9.18 Å². The van der Waals surface area contributed by atoms with E-state index >= 15 is 0 Å². The molecule has 6 nitrogen and oxygen atoms in total. The van der Waals surface area contributed by atoms with Crippen molar-refractivity contribution in [1.29, 1.82) is 0 Å². The minimum Gasteiger partial charge on any atom is -0.494 e. The summed E-state index contributed by atoms with van der Waals surface area (Å²) in [5.41, 5.74) is 6.12. The molecule has 1 aromatic heterocycles. The van der Waals surface area contributed by atoms with E-state index in [1.165, 1.54) is 25.4 Å². The smallest absolute Gasteiger partial charge is 0.256 e. The van der Waals surface area contributed by atoms with Gasteiger partial charge in [0.2, 0.25) is 0 Å². The monoisotopic (exact) mass is 250 g/mol. The number of rotatable bonds is 3. The number of aromatic nitrogens is 2. The highest BCUT2D eigenvalue weighted by Crippen LogP contribution is 2.20. The summed E-state index contributed by atoms with van der Waals surface area (Å²) >= 11 is 0. The Balaban J connectivity index is 2.21. The highest BCUT2D eigenvalue weighted by Gasteiger charge is 2.12. The number of methoxy groups -OCH3 is 1.